The van der Waals surface area contributed by atoms with Crippen molar-refractivity contribution in [3.63, 3.8) is 0 Å². The van der Waals surface area contributed by atoms with E-state index in [1.54, 1.807) is 13.3 Å². The van der Waals surface area contributed by atoms with Crippen LogP contribution >= 0.6 is 0 Å². The quantitative estimate of drug-likeness (QED) is 0.423. The van der Waals surface area contributed by atoms with Crippen molar-refractivity contribution in [3.05, 3.63) is 59.8 Å². The zero-order chi connectivity index (χ0) is 21.3. The highest BCUT2D eigenvalue weighted by Gasteiger charge is 2.07. The molecule has 2 aromatic heterocycles. The molecule has 4 N–H and O–H groups in total. The van der Waals surface area contributed by atoms with Gasteiger partial charge in [-0.3, -0.25) is 0 Å². The van der Waals surface area contributed by atoms with Gasteiger partial charge in [-0.25, -0.2) is 9.78 Å². The summed E-state index contributed by atoms with van der Waals surface area (Å²) in [6.45, 7) is 4.86. The second-order valence-corrected chi connectivity index (χ2v) is 6.66. The summed E-state index contributed by atoms with van der Waals surface area (Å²) in [7, 11) is 1.57. The highest BCUT2D eigenvalue weighted by Crippen LogP contribution is 2.24. The Hall–Kier alpha value is -3.88. The van der Waals surface area contributed by atoms with E-state index in [0.717, 1.165) is 11.1 Å². The molecule has 3 aromatic rings. The second kappa shape index (κ2) is 10.1. The molecule has 0 aliphatic carbocycles. The lowest BCUT2D eigenvalue weighted by Gasteiger charge is -2.12. The molecule has 9 nitrogen and oxygen atoms in total. The number of anilines is 4. The summed E-state index contributed by atoms with van der Waals surface area (Å²) in [5, 5.41) is 20.0. The molecule has 9 heteroatoms. The Kier molecular flexibility index (Phi) is 6.99. The van der Waals surface area contributed by atoms with Gasteiger partial charge in [-0.1, -0.05) is 6.07 Å². The molecule has 0 spiro atoms. The lowest BCUT2D eigenvalue weighted by molar-refractivity contribution is 0.252. The monoisotopic (exact) mass is 407 g/mol. The van der Waals surface area contributed by atoms with Crippen LogP contribution in [0.1, 0.15) is 11.1 Å². The fourth-order valence-corrected chi connectivity index (χ4v) is 2.68. The topological polar surface area (TPSA) is 113 Å². The number of aryl methyl sites for hydroxylation is 2. The van der Waals surface area contributed by atoms with Crippen molar-refractivity contribution in [1.29, 1.82) is 0 Å². The first kappa shape index (κ1) is 20.8. The summed E-state index contributed by atoms with van der Waals surface area (Å²) in [6, 6.07) is 12.8. The molecule has 0 unspecified atom stereocenters. The number of methoxy groups -OCH3 is 1. The minimum Gasteiger partial charge on any atom is -0.495 e. The number of rotatable bonds is 8. The number of carbonyl (C=O) groups excluding carboxylic acids is 1. The first-order chi connectivity index (χ1) is 14.5. The molecule has 3 rings (SSSR count). The number of hydrogen-bond donors (Lipinski definition) is 4. The Morgan fingerprint density at radius 3 is 2.43 bits per heavy atom. The van der Waals surface area contributed by atoms with Gasteiger partial charge in [-0.05, 0) is 61.4 Å². The summed E-state index contributed by atoms with van der Waals surface area (Å²) in [6.07, 6.45) is 1.74. The molecule has 2 heterocycles. The summed E-state index contributed by atoms with van der Waals surface area (Å²) >= 11 is 0. The van der Waals surface area contributed by atoms with Gasteiger partial charge < -0.3 is 26.0 Å². The molecular weight excluding hydrogens is 382 g/mol. The third-order valence-electron chi connectivity index (χ3n) is 4.16. The molecule has 1 aromatic carbocycles. The van der Waals surface area contributed by atoms with Crippen LogP contribution < -0.4 is 26.0 Å². The number of aromatic nitrogens is 3. The van der Waals surface area contributed by atoms with Gasteiger partial charge in [0.2, 0.25) is 0 Å². The maximum absolute atomic E-state index is 12.1. The number of amides is 2. The van der Waals surface area contributed by atoms with Crippen LogP contribution in [0.15, 0.2) is 48.7 Å². The minimum atomic E-state index is -0.308. The van der Waals surface area contributed by atoms with Gasteiger partial charge in [0, 0.05) is 19.3 Å². The van der Waals surface area contributed by atoms with Crippen LogP contribution in [0, 0.1) is 13.8 Å². The fourth-order valence-electron chi connectivity index (χ4n) is 2.68. The Bertz CT molecular complexity index is 993. The maximum Gasteiger partial charge on any atom is 0.319 e. The molecule has 0 aliphatic heterocycles. The molecule has 30 heavy (non-hydrogen) atoms. The lowest BCUT2D eigenvalue weighted by Crippen LogP contribution is -2.32. The number of hydrogen-bond acceptors (Lipinski definition) is 7. The average molecular weight is 407 g/mol. The van der Waals surface area contributed by atoms with Crippen LogP contribution in [0.2, 0.25) is 0 Å². The first-order valence-corrected chi connectivity index (χ1v) is 9.50. The number of carbonyl (C=O) groups is 1. The molecule has 0 aliphatic rings. The highest BCUT2D eigenvalue weighted by molar-refractivity contribution is 5.91. The summed E-state index contributed by atoms with van der Waals surface area (Å²) in [4.78, 5) is 16.3. The number of ether oxygens (including phenoxy) is 1. The molecule has 2 amide bonds. The average Bonchev–Trinajstić information content (AvgIpc) is 2.73. The van der Waals surface area contributed by atoms with E-state index >= 15 is 0 Å². The zero-order valence-electron chi connectivity index (χ0n) is 17.2. The van der Waals surface area contributed by atoms with Crippen LogP contribution in [-0.2, 0) is 0 Å². The van der Waals surface area contributed by atoms with Gasteiger partial charge in [-0.15, -0.1) is 10.2 Å². The predicted octanol–water partition coefficient (Wildman–Crippen LogP) is 3.47. The number of urea groups is 1. The molecule has 0 radical (unpaired) electrons. The van der Waals surface area contributed by atoms with E-state index in [-0.39, 0.29) is 6.03 Å². The van der Waals surface area contributed by atoms with Crippen molar-refractivity contribution in [1.82, 2.24) is 20.5 Å². The van der Waals surface area contributed by atoms with Gasteiger partial charge in [-0.2, -0.15) is 0 Å². The van der Waals surface area contributed by atoms with E-state index in [1.165, 1.54) is 0 Å². The Morgan fingerprint density at radius 1 is 0.933 bits per heavy atom. The van der Waals surface area contributed by atoms with Crippen LogP contribution in [0.5, 0.6) is 5.75 Å². The predicted molar refractivity (Wildman–Crippen MR) is 118 cm³/mol. The number of nitrogens with zero attached hydrogens (tertiary/aromatic N) is 3. The molecule has 0 fully saturated rings. The molecule has 0 saturated heterocycles. The normalized spacial score (nSPS) is 10.2. The van der Waals surface area contributed by atoms with Crippen molar-refractivity contribution < 1.29 is 9.53 Å². The number of nitrogens with one attached hydrogen (secondary N) is 4. The van der Waals surface area contributed by atoms with E-state index < -0.39 is 0 Å². The molecule has 0 saturated carbocycles. The van der Waals surface area contributed by atoms with Gasteiger partial charge in [0.1, 0.15) is 17.4 Å². The standard InChI is InChI=1S/C21H25N7O2/c1-14-4-5-17(30-3)16(12-14)25-21(29)24-11-10-23-18-6-7-19(28-27-18)26-20-13-15(2)8-9-22-20/h4-9,12-13H,10-11H2,1-3H3,(H,23,27)(H,22,26,28)(H2,24,25,29). The van der Waals surface area contributed by atoms with Crippen molar-refractivity contribution in [2.24, 2.45) is 0 Å². The number of pyridine rings is 1. The maximum atomic E-state index is 12.1. The summed E-state index contributed by atoms with van der Waals surface area (Å²) in [5.74, 6) is 2.53. The molecule has 156 valence electrons. The van der Waals surface area contributed by atoms with Gasteiger partial charge in [0.15, 0.2) is 5.82 Å². The SMILES string of the molecule is COc1ccc(C)cc1NC(=O)NCCNc1ccc(Nc2cc(C)ccn2)nn1. The molecule has 0 atom stereocenters. The van der Waals surface area contributed by atoms with Gasteiger partial charge >= 0.3 is 6.03 Å². The number of benzene rings is 1. The van der Waals surface area contributed by atoms with E-state index in [0.29, 0.717) is 42.0 Å². The Labute approximate surface area is 175 Å². The van der Waals surface area contributed by atoms with Crippen LogP contribution in [0.3, 0.4) is 0 Å². The Balaban J connectivity index is 1.42. The van der Waals surface area contributed by atoms with Crippen molar-refractivity contribution >= 4 is 29.2 Å². The summed E-state index contributed by atoms with van der Waals surface area (Å²) < 4.78 is 5.26. The minimum absolute atomic E-state index is 0.308. The van der Waals surface area contributed by atoms with E-state index in [2.05, 4.69) is 36.4 Å². The van der Waals surface area contributed by atoms with Gasteiger partial charge in [0.25, 0.3) is 0 Å². The van der Waals surface area contributed by atoms with E-state index in [9.17, 15) is 4.79 Å². The lowest BCUT2D eigenvalue weighted by atomic mass is 10.2. The fraction of sp³-hybridized carbons (Fsp3) is 0.238. The summed E-state index contributed by atoms with van der Waals surface area (Å²) in [5.41, 5.74) is 2.76. The van der Waals surface area contributed by atoms with Crippen molar-refractivity contribution in [3.8, 4) is 5.75 Å². The van der Waals surface area contributed by atoms with E-state index in [4.69, 9.17) is 4.74 Å². The van der Waals surface area contributed by atoms with E-state index in [1.807, 2.05) is 56.3 Å². The zero-order valence-corrected chi connectivity index (χ0v) is 17.2. The van der Waals surface area contributed by atoms with Crippen LogP contribution in [-0.4, -0.2) is 41.4 Å². The van der Waals surface area contributed by atoms with Crippen molar-refractivity contribution in [2.45, 2.75) is 13.8 Å². The third kappa shape index (κ3) is 6.06. The largest absolute Gasteiger partial charge is 0.495 e. The van der Waals surface area contributed by atoms with Crippen molar-refractivity contribution in [2.75, 3.05) is 36.1 Å². The highest BCUT2D eigenvalue weighted by atomic mass is 16.5. The van der Waals surface area contributed by atoms with Crippen LogP contribution in [0.4, 0.5) is 27.9 Å². The van der Waals surface area contributed by atoms with Crippen LogP contribution in [0.25, 0.3) is 0 Å². The Morgan fingerprint density at radius 2 is 1.70 bits per heavy atom. The van der Waals surface area contributed by atoms with Gasteiger partial charge in [0.05, 0.1) is 12.8 Å². The third-order valence-corrected chi connectivity index (χ3v) is 4.16. The molecule has 0 bridgehead atoms. The second-order valence-electron chi connectivity index (χ2n) is 6.66. The smallest absolute Gasteiger partial charge is 0.319 e. The first-order valence-electron chi connectivity index (χ1n) is 9.50. The molecular formula is C21H25N7O2.